The Labute approximate surface area is 167 Å². The van der Waals surface area contributed by atoms with Crippen LogP contribution >= 0.6 is 11.8 Å². The van der Waals surface area contributed by atoms with Gasteiger partial charge in [0.25, 0.3) is 0 Å². The molecule has 0 saturated carbocycles. The van der Waals surface area contributed by atoms with Gasteiger partial charge in [-0.2, -0.15) is 0 Å². The molecule has 0 aromatic heterocycles. The molecule has 3 rings (SSSR count). The molecule has 1 aliphatic heterocycles. The third kappa shape index (κ3) is 4.34. The Morgan fingerprint density at radius 2 is 2.00 bits per heavy atom. The number of aliphatic hydroxyl groups is 1. The number of ether oxygens (including phenoxy) is 1. The third-order valence-electron chi connectivity index (χ3n) is 5.67. The summed E-state index contributed by atoms with van der Waals surface area (Å²) in [5.41, 5.74) is 3.46. The molecule has 2 N–H and O–H groups in total. The summed E-state index contributed by atoms with van der Waals surface area (Å²) in [6.45, 7) is 4.54. The van der Waals surface area contributed by atoms with Gasteiger partial charge in [0.05, 0.1) is 19.8 Å². The molecule has 1 heterocycles. The molecule has 2 aromatic carbocycles. The molecule has 0 fully saturated rings. The number of nitrogens with one attached hydrogen (secondary N) is 1. The van der Waals surface area contributed by atoms with Gasteiger partial charge in [0, 0.05) is 21.8 Å². The molecule has 0 radical (unpaired) electrons. The molecule has 27 heavy (non-hydrogen) atoms. The monoisotopic (exact) mass is 385 g/mol. The van der Waals surface area contributed by atoms with Crippen molar-refractivity contribution in [1.82, 2.24) is 5.32 Å². The number of fused-ring (bicyclic) bond motifs is 1. The van der Waals surface area contributed by atoms with Crippen LogP contribution in [0, 0.1) is 0 Å². The molecule has 4 heteroatoms. The van der Waals surface area contributed by atoms with E-state index >= 15 is 0 Å². The summed E-state index contributed by atoms with van der Waals surface area (Å²) in [6, 6.07) is 15.0. The number of hydrogen-bond donors (Lipinski definition) is 2. The quantitative estimate of drug-likeness (QED) is 0.678. The number of aliphatic hydroxyl groups excluding tert-OH is 1. The molecule has 2 aromatic rings. The van der Waals surface area contributed by atoms with E-state index in [2.05, 4.69) is 61.6 Å². The first-order chi connectivity index (χ1) is 13.2. The summed E-state index contributed by atoms with van der Waals surface area (Å²) in [5.74, 6) is 1.81. The van der Waals surface area contributed by atoms with Gasteiger partial charge in [-0.05, 0) is 36.1 Å². The first-order valence-corrected chi connectivity index (χ1v) is 10.9. The van der Waals surface area contributed by atoms with Gasteiger partial charge < -0.3 is 9.84 Å². The van der Waals surface area contributed by atoms with Crippen molar-refractivity contribution >= 4 is 11.8 Å². The highest BCUT2D eigenvalue weighted by molar-refractivity contribution is 7.99. The minimum atomic E-state index is -0.0165. The zero-order valence-electron chi connectivity index (χ0n) is 16.6. The fourth-order valence-electron chi connectivity index (χ4n) is 3.88. The van der Waals surface area contributed by atoms with E-state index in [1.165, 1.54) is 35.3 Å². The lowest BCUT2D eigenvalue weighted by molar-refractivity contribution is 0.272. The smallest absolute Gasteiger partial charge is 0.125 e. The molecule has 1 aliphatic rings. The Morgan fingerprint density at radius 3 is 2.63 bits per heavy atom. The van der Waals surface area contributed by atoms with Crippen molar-refractivity contribution in [3.8, 4) is 5.75 Å². The van der Waals surface area contributed by atoms with E-state index in [0.717, 1.165) is 23.5 Å². The summed E-state index contributed by atoms with van der Waals surface area (Å²) < 4.78 is 5.53. The zero-order valence-corrected chi connectivity index (χ0v) is 17.4. The second-order valence-corrected chi connectivity index (χ2v) is 8.39. The van der Waals surface area contributed by atoms with Gasteiger partial charge >= 0.3 is 0 Å². The van der Waals surface area contributed by atoms with Gasteiger partial charge in [-0.15, -0.1) is 11.8 Å². The first-order valence-electron chi connectivity index (χ1n) is 9.93. The molecule has 0 amide bonds. The van der Waals surface area contributed by atoms with Crippen molar-refractivity contribution < 1.29 is 9.84 Å². The zero-order chi connectivity index (χ0) is 19.3. The highest BCUT2D eigenvalue weighted by Crippen LogP contribution is 2.43. The van der Waals surface area contributed by atoms with Crippen molar-refractivity contribution in [2.24, 2.45) is 0 Å². The maximum atomic E-state index is 9.84. The molecule has 146 valence electrons. The SMILES string of the molecule is CCCC[C@]1(CC)CSc2cc(OC)c(CO)cc2[C@H](c2ccccc2)N1. The molecule has 2 atom stereocenters. The third-order valence-corrected chi connectivity index (χ3v) is 7.03. The van der Waals surface area contributed by atoms with Gasteiger partial charge in [0.2, 0.25) is 0 Å². The molecule has 0 spiro atoms. The van der Waals surface area contributed by atoms with Crippen LogP contribution in [-0.2, 0) is 6.61 Å². The minimum absolute atomic E-state index is 0.0165. The van der Waals surface area contributed by atoms with Crippen LogP contribution in [-0.4, -0.2) is 23.5 Å². The van der Waals surface area contributed by atoms with Gasteiger partial charge in [-0.25, -0.2) is 0 Å². The van der Waals surface area contributed by atoms with Crippen LogP contribution in [0.15, 0.2) is 47.4 Å². The number of hydrogen-bond acceptors (Lipinski definition) is 4. The van der Waals surface area contributed by atoms with Crippen molar-refractivity contribution in [2.45, 2.75) is 62.6 Å². The number of methoxy groups -OCH3 is 1. The van der Waals surface area contributed by atoms with Gasteiger partial charge in [0.1, 0.15) is 5.75 Å². The van der Waals surface area contributed by atoms with E-state index < -0.39 is 0 Å². The second kappa shape index (κ2) is 9.13. The fraction of sp³-hybridized carbons (Fsp3) is 0.478. The molecule has 0 aliphatic carbocycles. The van der Waals surface area contributed by atoms with Gasteiger partial charge in [-0.3, -0.25) is 5.32 Å². The maximum absolute atomic E-state index is 9.84. The number of thioether (sulfide) groups is 1. The minimum Gasteiger partial charge on any atom is -0.496 e. The van der Waals surface area contributed by atoms with Crippen LogP contribution in [0.1, 0.15) is 62.3 Å². The molecule has 3 nitrogen and oxygen atoms in total. The molecule has 0 bridgehead atoms. The predicted octanol–water partition coefficient (Wildman–Crippen LogP) is 5.31. The summed E-state index contributed by atoms with van der Waals surface area (Å²) in [4.78, 5) is 1.25. The van der Waals surface area contributed by atoms with E-state index in [1.54, 1.807) is 7.11 Å². The Kier molecular flexibility index (Phi) is 6.85. The number of unbranched alkanes of at least 4 members (excludes halogenated alkanes) is 1. The van der Waals surface area contributed by atoms with Crippen molar-refractivity contribution in [2.75, 3.05) is 12.9 Å². The molecular weight excluding hydrogens is 354 g/mol. The predicted molar refractivity (Wildman–Crippen MR) is 114 cm³/mol. The van der Waals surface area contributed by atoms with Crippen LogP contribution in [0.4, 0.5) is 0 Å². The summed E-state index contributed by atoms with van der Waals surface area (Å²) in [6.07, 6.45) is 4.71. The topological polar surface area (TPSA) is 41.5 Å². The average Bonchev–Trinajstić information content (AvgIpc) is 2.89. The highest BCUT2D eigenvalue weighted by Gasteiger charge is 2.35. The number of benzene rings is 2. The van der Waals surface area contributed by atoms with Crippen LogP contribution in [0.3, 0.4) is 0 Å². The van der Waals surface area contributed by atoms with Crippen LogP contribution in [0.2, 0.25) is 0 Å². The van der Waals surface area contributed by atoms with E-state index in [4.69, 9.17) is 4.74 Å². The molecular formula is C23H31NO2S. The van der Waals surface area contributed by atoms with E-state index in [0.29, 0.717) is 0 Å². The number of rotatable bonds is 7. The van der Waals surface area contributed by atoms with Crippen LogP contribution < -0.4 is 10.1 Å². The fourth-order valence-corrected chi connectivity index (χ4v) is 5.28. The van der Waals surface area contributed by atoms with Crippen LogP contribution in [0.5, 0.6) is 5.75 Å². The Bertz CT molecular complexity index is 750. The largest absolute Gasteiger partial charge is 0.496 e. The van der Waals surface area contributed by atoms with Crippen molar-refractivity contribution in [3.63, 3.8) is 0 Å². The highest BCUT2D eigenvalue weighted by atomic mass is 32.2. The average molecular weight is 386 g/mol. The van der Waals surface area contributed by atoms with Gasteiger partial charge in [0.15, 0.2) is 0 Å². The Balaban J connectivity index is 2.10. The van der Waals surface area contributed by atoms with Crippen molar-refractivity contribution in [3.05, 3.63) is 59.2 Å². The molecule has 0 saturated heterocycles. The lowest BCUT2D eigenvalue weighted by Gasteiger charge is -2.36. The standard InChI is InChI=1S/C23H31NO2S/c1-4-6-12-23(5-2)16-27-21-14-20(26-3)18(15-25)13-19(21)22(24-23)17-10-8-7-9-11-17/h7-11,13-14,22,24-25H,4-6,12,15-16H2,1-3H3/t22-,23+/m0/s1. The van der Waals surface area contributed by atoms with Crippen LogP contribution in [0.25, 0.3) is 0 Å². The Morgan fingerprint density at radius 1 is 1.22 bits per heavy atom. The van der Waals surface area contributed by atoms with E-state index in [1.807, 2.05) is 11.8 Å². The van der Waals surface area contributed by atoms with Crippen molar-refractivity contribution in [1.29, 1.82) is 0 Å². The molecule has 0 unspecified atom stereocenters. The summed E-state index contributed by atoms with van der Waals surface area (Å²) >= 11 is 1.91. The van der Waals surface area contributed by atoms with E-state index in [-0.39, 0.29) is 18.2 Å². The van der Waals surface area contributed by atoms with Gasteiger partial charge in [-0.1, -0.05) is 57.0 Å². The lowest BCUT2D eigenvalue weighted by atomic mass is 9.87. The second-order valence-electron chi connectivity index (χ2n) is 7.37. The first kappa shape index (κ1) is 20.2. The summed E-state index contributed by atoms with van der Waals surface area (Å²) in [7, 11) is 1.67. The normalized spacial score (nSPS) is 22.1. The summed E-state index contributed by atoms with van der Waals surface area (Å²) in [5, 5.41) is 13.9. The lowest BCUT2D eigenvalue weighted by Crippen LogP contribution is -2.48. The van der Waals surface area contributed by atoms with E-state index in [9.17, 15) is 5.11 Å². The maximum Gasteiger partial charge on any atom is 0.125 e. The Hall–Kier alpha value is -1.49.